The zero-order valence-corrected chi connectivity index (χ0v) is 13.2. The van der Waals surface area contributed by atoms with Gasteiger partial charge in [0.1, 0.15) is 11.3 Å². The van der Waals surface area contributed by atoms with E-state index in [0.717, 1.165) is 25.5 Å². The quantitative estimate of drug-likeness (QED) is 0.921. The van der Waals surface area contributed by atoms with Gasteiger partial charge in [-0.1, -0.05) is 0 Å². The smallest absolute Gasteiger partial charge is 0.287 e. The first kappa shape index (κ1) is 14.4. The van der Waals surface area contributed by atoms with E-state index in [0.29, 0.717) is 41.8 Å². The molecule has 1 amide bonds. The van der Waals surface area contributed by atoms with Crippen LogP contribution in [0.5, 0.6) is 0 Å². The Morgan fingerprint density at radius 1 is 1.35 bits per heavy atom. The third kappa shape index (κ3) is 3.01. The largest absolute Gasteiger partial charge is 0.445 e. The summed E-state index contributed by atoms with van der Waals surface area (Å²) in [6.07, 6.45) is 2.40. The topological polar surface area (TPSA) is 80.5 Å². The number of hydrogen-bond donors (Lipinski definition) is 1. The zero-order valence-electron chi connectivity index (χ0n) is 13.2. The molecule has 23 heavy (non-hydrogen) atoms. The van der Waals surface area contributed by atoms with Crippen LogP contribution in [0.2, 0.25) is 0 Å². The molecule has 1 aliphatic heterocycles. The van der Waals surface area contributed by atoms with Crippen molar-refractivity contribution in [2.24, 2.45) is 5.92 Å². The van der Waals surface area contributed by atoms with E-state index < -0.39 is 0 Å². The molecule has 1 N–H and O–H groups in total. The van der Waals surface area contributed by atoms with Crippen molar-refractivity contribution >= 4 is 22.8 Å². The molecule has 3 heterocycles. The number of carbonyl (C=O) groups is 1. The van der Waals surface area contributed by atoms with Crippen molar-refractivity contribution in [1.29, 1.82) is 0 Å². The number of furan rings is 1. The Hall–Kier alpha value is -2.15. The molecule has 0 unspecified atom stereocenters. The predicted molar refractivity (Wildman–Crippen MR) is 84.6 cm³/mol. The van der Waals surface area contributed by atoms with Gasteiger partial charge in [0, 0.05) is 25.7 Å². The molecule has 2 aromatic rings. The molecule has 0 atom stereocenters. The molecule has 0 bridgehead atoms. The van der Waals surface area contributed by atoms with Crippen molar-refractivity contribution in [3.8, 4) is 0 Å². The average Bonchev–Trinajstić information content (AvgIpc) is 3.30. The highest BCUT2D eigenvalue weighted by molar-refractivity contribution is 5.97. The molecular formula is C16H20N4O3. The minimum Gasteiger partial charge on any atom is -0.445 e. The Labute approximate surface area is 134 Å². The number of carbonyl (C=O) groups excluding carboxylic acids is 1. The fourth-order valence-electron chi connectivity index (χ4n) is 2.78. The summed E-state index contributed by atoms with van der Waals surface area (Å²) in [5.41, 5.74) is 1.25. The van der Waals surface area contributed by atoms with Gasteiger partial charge in [0.25, 0.3) is 5.91 Å². The van der Waals surface area contributed by atoms with Gasteiger partial charge in [-0.05, 0) is 25.7 Å². The molecule has 0 spiro atoms. The number of morpholine rings is 1. The standard InChI is InChI=1S/C16H20N4O3/c1-10-18-12-8-13(16(21)17-9-11-2-3-11)23-14(12)15(19-10)20-4-6-22-7-5-20/h8,11H,2-7,9H2,1H3,(H,17,21). The van der Waals surface area contributed by atoms with Crippen LogP contribution in [0.25, 0.3) is 11.1 Å². The van der Waals surface area contributed by atoms with E-state index in [4.69, 9.17) is 9.15 Å². The second-order valence-corrected chi connectivity index (χ2v) is 6.17. The number of aromatic nitrogens is 2. The lowest BCUT2D eigenvalue weighted by Gasteiger charge is -2.27. The molecule has 0 aromatic carbocycles. The molecule has 122 valence electrons. The van der Waals surface area contributed by atoms with Gasteiger partial charge in [-0.2, -0.15) is 0 Å². The first-order valence-corrected chi connectivity index (χ1v) is 8.10. The van der Waals surface area contributed by atoms with E-state index in [1.54, 1.807) is 6.07 Å². The van der Waals surface area contributed by atoms with Crippen LogP contribution in [0.15, 0.2) is 10.5 Å². The SMILES string of the molecule is Cc1nc(N2CCOCC2)c2oc(C(=O)NCC3CC3)cc2n1. The number of fused-ring (bicyclic) bond motifs is 1. The number of nitrogens with zero attached hydrogens (tertiary/aromatic N) is 3. The van der Waals surface area contributed by atoms with Crippen LogP contribution in [0, 0.1) is 12.8 Å². The van der Waals surface area contributed by atoms with Gasteiger partial charge in [-0.15, -0.1) is 0 Å². The van der Waals surface area contributed by atoms with Gasteiger partial charge in [0.15, 0.2) is 17.2 Å². The lowest BCUT2D eigenvalue weighted by molar-refractivity contribution is 0.0926. The van der Waals surface area contributed by atoms with Crippen LogP contribution in [-0.4, -0.2) is 48.7 Å². The molecule has 1 saturated carbocycles. The summed E-state index contributed by atoms with van der Waals surface area (Å²) in [5.74, 6) is 2.17. The maximum absolute atomic E-state index is 12.2. The van der Waals surface area contributed by atoms with E-state index in [9.17, 15) is 4.79 Å². The summed E-state index contributed by atoms with van der Waals surface area (Å²) in [6.45, 7) is 5.42. The monoisotopic (exact) mass is 316 g/mol. The Kier molecular flexibility index (Phi) is 3.65. The van der Waals surface area contributed by atoms with Crippen LogP contribution in [0.4, 0.5) is 5.82 Å². The van der Waals surface area contributed by atoms with Crippen molar-refractivity contribution in [1.82, 2.24) is 15.3 Å². The van der Waals surface area contributed by atoms with Crippen molar-refractivity contribution in [3.05, 3.63) is 17.7 Å². The normalized spacial score (nSPS) is 18.4. The predicted octanol–water partition coefficient (Wildman–Crippen LogP) is 1.51. The lowest BCUT2D eigenvalue weighted by Crippen LogP contribution is -2.37. The van der Waals surface area contributed by atoms with E-state index in [1.165, 1.54) is 12.8 Å². The molecule has 1 saturated heterocycles. The third-order valence-electron chi connectivity index (χ3n) is 4.25. The average molecular weight is 316 g/mol. The van der Waals surface area contributed by atoms with Crippen LogP contribution < -0.4 is 10.2 Å². The fraction of sp³-hybridized carbons (Fsp3) is 0.562. The number of aryl methyl sites for hydroxylation is 1. The summed E-state index contributed by atoms with van der Waals surface area (Å²) in [7, 11) is 0. The van der Waals surface area contributed by atoms with Crippen LogP contribution >= 0.6 is 0 Å². The van der Waals surface area contributed by atoms with Crippen molar-refractivity contribution < 1.29 is 13.9 Å². The fourth-order valence-corrected chi connectivity index (χ4v) is 2.78. The van der Waals surface area contributed by atoms with Crippen molar-refractivity contribution in [2.75, 3.05) is 37.7 Å². The Morgan fingerprint density at radius 3 is 2.87 bits per heavy atom. The highest BCUT2D eigenvalue weighted by atomic mass is 16.5. The van der Waals surface area contributed by atoms with Gasteiger partial charge in [0.05, 0.1) is 13.2 Å². The minimum atomic E-state index is -0.180. The molecule has 7 nitrogen and oxygen atoms in total. The Morgan fingerprint density at radius 2 is 2.13 bits per heavy atom. The van der Waals surface area contributed by atoms with Gasteiger partial charge in [0.2, 0.25) is 0 Å². The molecule has 4 rings (SSSR count). The third-order valence-corrected chi connectivity index (χ3v) is 4.25. The maximum atomic E-state index is 12.2. The van der Waals surface area contributed by atoms with E-state index in [2.05, 4.69) is 20.2 Å². The van der Waals surface area contributed by atoms with E-state index in [-0.39, 0.29) is 5.91 Å². The summed E-state index contributed by atoms with van der Waals surface area (Å²) >= 11 is 0. The minimum absolute atomic E-state index is 0.180. The number of hydrogen-bond acceptors (Lipinski definition) is 6. The van der Waals surface area contributed by atoms with E-state index in [1.807, 2.05) is 6.92 Å². The highest BCUT2D eigenvalue weighted by Crippen LogP contribution is 2.29. The number of amides is 1. The molecular weight excluding hydrogens is 296 g/mol. The Bertz CT molecular complexity index is 732. The molecule has 2 aromatic heterocycles. The van der Waals surface area contributed by atoms with Crippen LogP contribution in [0.1, 0.15) is 29.2 Å². The lowest BCUT2D eigenvalue weighted by atomic mass is 10.3. The van der Waals surface area contributed by atoms with Gasteiger partial charge >= 0.3 is 0 Å². The summed E-state index contributed by atoms with van der Waals surface area (Å²) in [6, 6.07) is 1.70. The number of ether oxygens (including phenoxy) is 1. The highest BCUT2D eigenvalue weighted by Gasteiger charge is 2.24. The molecule has 7 heteroatoms. The van der Waals surface area contributed by atoms with Gasteiger partial charge < -0.3 is 19.4 Å². The first-order chi connectivity index (χ1) is 11.2. The van der Waals surface area contributed by atoms with Gasteiger partial charge in [-0.3, -0.25) is 4.79 Å². The van der Waals surface area contributed by atoms with Gasteiger partial charge in [-0.25, -0.2) is 9.97 Å². The Balaban J connectivity index is 1.64. The number of nitrogens with one attached hydrogen (secondary N) is 1. The van der Waals surface area contributed by atoms with E-state index >= 15 is 0 Å². The summed E-state index contributed by atoms with van der Waals surface area (Å²) in [5, 5.41) is 2.92. The van der Waals surface area contributed by atoms with Crippen LogP contribution in [0.3, 0.4) is 0 Å². The molecule has 1 aliphatic carbocycles. The molecule has 2 aliphatic rings. The second kappa shape index (κ2) is 5.81. The van der Waals surface area contributed by atoms with Crippen molar-refractivity contribution in [2.45, 2.75) is 19.8 Å². The summed E-state index contributed by atoms with van der Waals surface area (Å²) < 4.78 is 11.2. The number of rotatable bonds is 4. The maximum Gasteiger partial charge on any atom is 0.287 e. The second-order valence-electron chi connectivity index (χ2n) is 6.17. The molecule has 0 radical (unpaired) electrons. The number of anilines is 1. The zero-order chi connectivity index (χ0) is 15.8. The van der Waals surface area contributed by atoms with Crippen molar-refractivity contribution in [3.63, 3.8) is 0 Å². The molecule has 2 fully saturated rings. The van der Waals surface area contributed by atoms with Crippen LogP contribution in [-0.2, 0) is 4.74 Å². The summed E-state index contributed by atoms with van der Waals surface area (Å²) in [4.78, 5) is 23.3. The first-order valence-electron chi connectivity index (χ1n) is 8.10.